The lowest BCUT2D eigenvalue weighted by Crippen LogP contribution is -2.31. The fourth-order valence-electron chi connectivity index (χ4n) is 2.79. The van der Waals surface area contributed by atoms with Crippen molar-refractivity contribution in [3.05, 3.63) is 59.4 Å². The molecule has 0 spiro atoms. The molecule has 0 bridgehead atoms. The SMILES string of the molecule is CC[C@H](C)NC(=O)c1ccc(-n2ncc(-c3ccc(C#N)cc3C)c2O)nc1. The van der Waals surface area contributed by atoms with Crippen LogP contribution in [0, 0.1) is 18.3 Å². The van der Waals surface area contributed by atoms with Crippen LogP contribution in [0.1, 0.15) is 41.8 Å². The van der Waals surface area contributed by atoms with Gasteiger partial charge in [0.05, 0.1) is 29.0 Å². The van der Waals surface area contributed by atoms with Crippen molar-refractivity contribution >= 4 is 5.91 Å². The van der Waals surface area contributed by atoms with Crippen LogP contribution in [-0.4, -0.2) is 31.8 Å². The van der Waals surface area contributed by atoms with Gasteiger partial charge in [0, 0.05) is 12.2 Å². The first-order chi connectivity index (χ1) is 13.4. The number of hydrogen-bond donors (Lipinski definition) is 2. The van der Waals surface area contributed by atoms with Crippen molar-refractivity contribution in [2.45, 2.75) is 33.2 Å². The molecule has 28 heavy (non-hydrogen) atoms. The molecule has 0 radical (unpaired) electrons. The maximum absolute atomic E-state index is 12.2. The summed E-state index contributed by atoms with van der Waals surface area (Å²) >= 11 is 0. The minimum absolute atomic E-state index is 0.0582. The van der Waals surface area contributed by atoms with Crippen molar-refractivity contribution in [3.8, 4) is 28.9 Å². The topological polar surface area (TPSA) is 104 Å². The number of aryl methyl sites for hydroxylation is 1. The molecule has 0 aliphatic rings. The number of aromatic hydroxyl groups is 1. The highest BCUT2D eigenvalue weighted by atomic mass is 16.3. The van der Waals surface area contributed by atoms with Crippen molar-refractivity contribution in [2.24, 2.45) is 0 Å². The molecule has 7 nitrogen and oxygen atoms in total. The Bertz CT molecular complexity index is 1050. The quantitative estimate of drug-likeness (QED) is 0.712. The zero-order valence-electron chi connectivity index (χ0n) is 16.0. The number of pyridine rings is 1. The van der Waals surface area contributed by atoms with E-state index >= 15 is 0 Å². The molecule has 1 atom stereocenters. The standard InChI is InChI=1S/C21H21N5O2/c1-4-14(3)25-20(27)16-6-8-19(23-11-16)26-21(28)18(12-24-26)17-7-5-15(10-22)9-13(17)2/h5-9,11-12,14,28H,4H2,1-3H3,(H,25,27)/t14-/m0/s1. The Morgan fingerprint density at radius 3 is 2.68 bits per heavy atom. The van der Waals surface area contributed by atoms with Gasteiger partial charge in [-0.05, 0) is 55.7 Å². The van der Waals surface area contributed by atoms with Gasteiger partial charge in [-0.1, -0.05) is 13.0 Å². The van der Waals surface area contributed by atoms with E-state index in [-0.39, 0.29) is 17.8 Å². The van der Waals surface area contributed by atoms with Gasteiger partial charge >= 0.3 is 0 Å². The van der Waals surface area contributed by atoms with Crippen LogP contribution in [0.3, 0.4) is 0 Å². The van der Waals surface area contributed by atoms with Crippen LogP contribution in [0.4, 0.5) is 0 Å². The van der Waals surface area contributed by atoms with E-state index in [0.717, 1.165) is 17.5 Å². The van der Waals surface area contributed by atoms with Crippen molar-refractivity contribution in [1.82, 2.24) is 20.1 Å². The molecular formula is C21H21N5O2. The number of nitriles is 1. The van der Waals surface area contributed by atoms with Gasteiger partial charge in [0.2, 0.25) is 5.88 Å². The van der Waals surface area contributed by atoms with Gasteiger partial charge in [-0.25, -0.2) is 4.98 Å². The Labute approximate surface area is 163 Å². The fourth-order valence-corrected chi connectivity index (χ4v) is 2.79. The summed E-state index contributed by atoms with van der Waals surface area (Å²) in [6.07, 6.45) is 3.85. The lowest BCUT2D eigenvalue weighted by atomic mass is 10.0. The Morgan fingerprint density at radius 1 is 1.29 bits per heavy atom. The monoisotopic (exact) mass is 375 g/mol. The highest BCUT2D eigenvalue weighted by Crippen LogP contribution is 2.32. The second-order valence-electron chi connectivity index (χ2n) is 6.62. The second-order valence-corrected chi connectivity index (χ2v) is 6.62. The molecule has 1 amide bonds. The molecule has 0 saturated heterocycles. The summed E-state index contributed by atoms with van der Waals surface area (Å²) in [7, 11) is 0. The highest BCUT2D eigenvalue weighted by Gasteiger charge is 2.16. The number of carbonyl (C=O) groups excluding carboxylic acids is 1. The highest BCUT2D eigenvalue weighted by molar-refractivity contribution is 5.94. The van der Waals surface area contributed by atoms with E-state index in [1.165, 1.54) is 10.9 Å². The smallest absolute Gasteiger partial charge is 0.253 e. The van der Waals surface area contributed by atoms with Crippen LogP contribution in [0.2, 0.25) is 0 Å². The molecule has 142 valence electrons. The molecule has 0 aliphatic heterocycles. The van der Waals surface area contributed by atoms with E-state index in [4.69, 9.17) is 5.26 Å². The van der Waals surface area contributed by atoms with E-state index in [1.54, 1.807) is 36.5 Å². The fraction of sp³-hybridized carbons (Fsp3) is 0.238. The molecular weight excluding hydrogens is 354 g/mol. The summed E-state index contributed by atoms with van der Waals surface area (Å²) in [6.45, 7) is 5.81. The predicted octanol–water partition coefficient (Wildman–Crippen LogP) is 3.35. The molecule has 0 saturated carbocycles. The van der Waals surface area contributed by atoms with Crippen LogP contribution in [0.25, 0.3) is 16.9 Å². The lowest BCUT2D eigenvalue weighted by Gasteiger charge is -2.11. The molecule has 7 heteroatoms. The second kappa shape index (κ2) is 7.92. The van der Waals surface area contributed by atoms with E-state index < -0.39 is 0 Å². The van der Waals surface area contributed by atoms with Gasteiger partial charge in [0.15, 0.2) is 5.82 Å². The molecule has 3 aromatic rings. The van der Waals surface area contributed by atoms with Gasteiger partial charge in [0.1, 0.15) is 0 Å². The van der Waals surface area contributed by atoms with Crippen LogP contribution >= 0.6 is 0 Å². The number of nitrogens with one attached hydrogen (secondary N) is 1. The first kappa shape index (κ1) is 19.1. The lowest BCUT2D eigenvalue weighted by molar-refractivity contribution is 0.0939. The van der Waals surface area contributed by atoms with E-state index in [1.807, 2.05) is 20.8 Å². The van der Waals surface area contributed by atoms with Gasteiger partial charge in [-0.3, -0.25) is 4.79 Å². The first-order valence-corrected chi connectivity index (χ1v) is 9.00. The van der Waals surface area contributed by atoms with Crippen LogP contribution < -0.4 is 5.32 Å². The Kier molecular flexibility index (Phi) is 5.41. The number of aromatic nitrogens is 3. The van der Waals surface area contributed by atoms with Crippen molar-refractivity contribution in [2.75, 3.05) is 0 Å². The minimum Gasteiger partial charge on any atom is -0.493 e. The van der Waals surface area contributed by atoms with E-state index in [2.05, 4.69) is 21.5 Å². The van der Waals surface area contributed by atoms with Gasteiger partial charge in [0.25, 0.3) is 5.91 Å². The van der Waals surface area contributed by atoms with Gasteiger partial charge in [-0.15, -0.1) is 0 Å². The van der Waals surface area contributed by atoms with Crippen LogP contribution in [0.15, 0.2) is 42.7 Å². The number of rotatable bonds is 5. The molecule has 2 heterocycles. The third-order valence-corrected chi connectivity index (χ3v) is 4.61. The van der Waals surface area contributed by atoms with Crippen molar-refractivity contribution in [1.29, 1.82) is 5.26 Å². The molecule has 1 aromatic carbocycles. The maximum Gasteiger partial charge on any atom is 0.253 e. The summed E-state index contributed by atoms with van der Waals surface area (Å²) in [5.41, 5.74) is 3.19. The molecule has 0 fully saturated rings. The molecule has 0 unspecified atom stereocenters. The van der Waals surface area contributed by atoms with Crippen LogP contribution in [-0.2, 0) is 0 Å². The summed E-state index contributed by atoms with van der Waals surface area (Å²) < 4.78 is 1.31. The van der Waals surface area contributed by atoms with Crippen molar-refractivity contribution in [3.63, 3.8) is 0 Å². The zero-order chi connectivity index (χ0) is 20.3. The Hall–Kier alpha value is -3.66. The average molecular weight is 375 g/mol. The number of benzene rings is 1. The van der Waals surface area contributed by atoms with Crippen LogP contribution in [0.5, 0.6) is 5.88 Å². The zero-order valence-corrected chi connectivity index (χ0v) is 16.0. The summed E-state index contributed by atoms with van der Waals surface area (Å²) in [4.78, 5) is 16.4. The largest absolute Gasteiger partial charge is 0.493 e. The number of hydrogen-bond acceptors (Lipinski definition) is 5. The third kappa shape index (κ3) is 3.71. The molecule has 0 aliphatic carbocycles. The summed E-state index contributed by atoms with van der Waals surface area (Å²) in [6, 6.07) is 10.7. The van der Waals surface area contributed by atoms with E-state index in [0.29, 0.717) is 22.5 Å². The molecule has 2 N–H and O–H groups in total. The normalized spacial score (nSPS) is 11.6. The van der Waals surface area contributed by atoms with Crippen molar-refractivity contribution < 1.29 is 9.90 Å². The number of nitrogens with zero attached hydrogens (tertiary/aromatic N) is 4. The molecule has 2 aromatic heterocycles. The summed E-state index contributed by atoms with van der Waals surface area (Å²) in [5, 5.41) is 26.7. The predicted molar refractivity (Wildman–Crippen MR) is 105 cm³/mol. The number of amides is 1. The number of carbonyl (C=O) groups is 1. The minimum atomic E-state index is -0.188. The maximum atomic E-state index is 12.2. The van der Waals surface area contributed by atoms with Gasteiger partial charge < -0.3 is 10.4 Å². The Morgan fingerprint density at radius 2 is 2.07 bits per heavy atom. The first-order valence-electron chi connectivity index (χ1n) is 9.00. The van der Waals surface area contributed by atoms with E-state index in [9.17, 15) is 9.90 Å². The molecule has 3 rings (SSSR count). The third-order valence-electron chi connectivity index (χ3n) is 4.61. The Balaban J connectivity index is 1.88. The average Bonchev–Trinajstić information content (AvgIpc) is 3.08. The van der Waals surface area contributed by atoms with Gasteiger partial charge in [-0.2, -0.15) is 15.0 Å². The summed E-state index contributed by atoms with van der Waals surface area (Å²) in [5.74, 6) is 0.152.